The molecule has 29 heavy (non-hydrogen) atoms. The van der Waals surface area contributed by atoms with Gasteiger partial charge >= 0.3 is 5.97 Å². The number of hydrogen-bond donors (Lipinski definition) is 1. The molecule has 0 bridgehead atoms. The van der Waals surface area contributed by atoms with Crippen molar-refractivity contribution in [1.82, 2.24) is 4.90 Å². The molecule has 1 aliphatic heterocycles. The Bertz CT molecular complexity index is 923. The Hall–Kier alpha value is -2.95. The summed E-state index contributed by atoms with van der Waals surface area (Å²) in [5.74, 6) is -1.75. The zero-order valence-electron chi connectivity index (χ0n) is 16.3. The van der Waals surface area contributed by atoms with Gasteiger partial charge in [-0.3, -0.25) is 14.4 Å². The standard InChI is InChI=1S/C24H25NO4/c26-22(27)14-20(16-8-2-1-3-9-16)19-12-6-7-13-21(23(19)28)25-15-17-10-4-5-11-18(17)24(25)29/h1-5,8-11,19-21H,6-7,12-15H2,(H,26,27). The predicted molar refractivity (Wildman–Crippen MR) is 109 cm³/mol. The van der Waals surface area contributed by atoms with Gasteiger partial charge in [0.25, 0.3) is 5.91 Å². The van der Waals surface area contributed by atoms with Gasteiger partial charge in [0.15, 0.2) is 5.78 Å². The van der Waals surface area contributed by atoms with Crippen molar-refractivity contribution in [2.24, 2.45) is 5.92 Å². The topological polar surface area (TPSA) is 74.7 Å². The molecule has 1 N–H and O–H groups in total. The van der Waals surface area contributed by atoms with Gasteiger partial charge in [0.1, 0.15) is 0 Å². The number of aliphatic carboxylic acids is 1. The normalized spacial score (nSPS) is 22.8. The third-order valence-electron chi connectivity index (χ3n) is 6.27. The van der Waals surface area contributed by atoms with E-state index < -0.39 is 17.9 Å². The molecule has 2 aromatic carbocycles. The first kappa shape index (κ1) is 19.4. The number of carbonyl (C=O) groups excluding carboxylic acids is 2. The molecule has 150 valence electrons. The quantitative estimate of drug-likeness (QED) is 0.781. The van der Waals surface area contributed by atoms with E-state index >= 15 is 0 Å². The van der Waals surface area contributed by atoms with Crippen LogP contribution in [0.1, 0.15) is 59.5 Å². The molecule has 1 saturated carbocycles. The number of hydrogen-bond acceptors (Lipinski definition) is 3. The number of carbonyl (C=O) groups is 3. The Balaban J connectivity index is 1.64. The molecule has 3 unspecified atom stereocenters. The van der Waals surface area contributed by atoms with Crippen molar-refractivity contribution in [3.8, 4) is 0 Å². The van der Waals surface area contributed by atoms with Crippen LogP contribution in [0.4, 0.5) is 0 Å². The van der Waals surface area contributed by atoms with E-state index in [0.717, 1.165) is 24.0 Å². The van der Waals surface area contributed by atoms with Gasteiger partial charge < -0.3 is 10.0 Å². The summed E-state index contributed by atoms with van der Waals surface area (Å²) >= 11 is 0. The fourth-order valence-corrected chi connectivity index (χ4v) is 4.85. The Morgan fingerprint density at radius 1 is 1.00 bits per heavy atom. The molecule has 3 atom stereocenters. The second-order valence-corrected chi connectivity index (χ2v) is 8.01. The first-order valence-corrected chi connectivity index (χ1v) is 10.3. The Morgan fingerprint density at radius 2 is 1.69 bits per heavy atom. The molecular formula is C24H25NO4. The molecule has 0 aromatic heterocycles. The van der Waals surface area contributed by atoms with Crippen molar-refractivity contribution < 1.29 is 19.5 Å². The number of ketones is 1. The minimum atomic E-state index is -0.905. The van der Waals surface area contributed by atoms with Gasteiger partial charge in [0, 0.05) is 23.9 Å². The van der Waals surface area contributed by atoms with E-state index in [2.05, 4.69) is 0 Å². The second kappa shape index (κ2) is 8.19. The zero-order chi connectivity index (χ0) is 20.4. The number of amides is 1. The van der Waals surface area contributed by atoms with E-state index in [0.29, 0.717) is 24.9 Å². The van der Waals surface area contributed by atoms with Crippen LogP contribution in [0.5, 0.6) is 0 Å². The largest absolute Gasteiger partial charge is 0.481 e. The molecule has 0 radical (unpaired) electrons. The number of carboxylic acids is 1. The summed E-state index contributed by atoms with van der Waals surface area (Å²) in [6.45, 7) is 0.451. The van der Waals surface area contributed by atoms with Gasteiger partial charge in [-0.25, -0.2) is 0 Å². The molecule has 0 spiro atoms. The summed E-state index contributed by atoms with van der Waals surface area (Å²) in [5, 5.41) is 9.49. The summed E-state index contributed by atoms with van der Waals surface area (Å²) in [6.07, 6.45) is 2.95. The van der Waals surface area contributed by atoms with Crippen LogP contribution in [-0.2, 0) is 16.1 Å². The van der Waals surface area contributed by atoms with Crippen LogP contribution in [0.2, 0.25) is 0 Å². The molecule has 5 heteroatoms. The van der Waals surface area contributed by atoms with Gasteiger partial charge in [-0.1, -0.05) is 61.4 Å². The average Bonchev–Trinajstić information content (AvgIpc) is 2.94. The highest BCUT2D eigenvalue weighted by Gasteiger charge is 2.42. The van der Waals surface area contributed by atoms with Crippen molar-refractivity contribution in [3.63, 3.8) is 0 Å². The molecule has 1 heterocycles. The van der Waals surface area contributed by atoms with Crippen LogP contribution in [0.3, 0.4) is 0 Å². The predicted octanol–water partition coefficient (Wildman–Crippen LogP) is 4.03. The number of carboxylic acid groups (broad SMARTS) is 1. The lowest BCUT2D eigenvalue weighted by Crippen LogP contribution is -2.44. The minimum absolute atomic E-state index is 0.0127. The molecule has 5 nitrogen and oxygen atoms in total. The van der Waals surface area contributed by atoms with Crippen molar-refractivity contribution in [3.05, 3.63) is 71.3 Å². The Morgan fingerprint density at radius 3 is 2.41 bits per heavy atom. The van der Waals surface area contributed by atoms with E-state index in [1.165, 1.54) is 0 Å². The summed E-state index contributed by atoms with van der Waals surface area (Å²) in [7, 11) is 0. The minimum Gasteiger partial charge on any atom is -0.481 e. The van der Waals surface area contributed by atoms with Gasteiger partial charge in [0.05, 0.1) is 12.5 Å². The van der Waals surface area contributed by atoms with E-state index in [-0.39, 0.29) is 24.0 Å². The fraction of sp³-hybridized carbons (Fsp3) is 0.375. The number of nitrogens with zero attached hydrogens (tertiary/aromatic N) is 1. The lowest BCUT2D eigenvalue weighted by atomic mass is 9.77. The number of rotatable bonds is 5. The molecular weight excluding hydrogens is 366 g/mol. The summed E-state index contributed by atoms with van der Waals surface area (Å²) in [4.78, 5) is 39.9. The maximum absolute atomic E-state index is 13.6. The lowest BCUT2D eigenvalue weighted by molar-refractivity contribution is -0.138. The average molecular weight is 391 g/mol. The van der Waals surface area contributed by atoms with Crippen LogP contribution < -0.4 is 0 Å². The zero-order valence-corrected chi connectivity index (χ0v) is 16.3. The Kier molecular flexibility index (Phi) is 5.47. The SMILES string of the molecule is O=C(O)CC(c1ccccc1)C1CCCCC(N2Cc3ccccc3C2=O)C1=O. The number of fused-ring (bicyclic) bond motifs is 1. The maximum Gasteiger partial charge on any atom is 0.303 e. The number of Topliss-reactive ketones (excluding diaryl/α,β-unsaturated/α-hetero) is 1. The molecule has 1 amide bonds. The monoisotopic (exact) mass is 391 g/mol. The third-order valence-corrected chi connectivity index (χ3v) is 6.27. The Labute approximate surface area is 170 Å². The van der Waals surface area contributed by atoms with Crippen LogP contribution in [0.15, 0.2) is 54.6 Å². The summed E-state index contributed by atoms with van der Waals surface area (Å²) in [5.41, 5.74) is 2.51. The van der Waals surface area contributed by atoms with E-state index in [1.807, 2.05) is 54.6 Å². The van der Waals surface area contributed by atoms with Crippen LogP contribution in [-0.4, -0.2) is 33.7 Å². The van der Waals surface area contributed by atoms with E-state index in [9.17, 15) is 19.5 Å². The summed E-state index contributed by atoms with van der Waals surface area (Å²) in [6, 6.07) is 16.5. The van der Waals surface area contributed by atoms with E-state index in [1.54, 1.807) is 4.90 Å². The van der Waals surface area contributed by atoms with Crippen molar-refractivity contribution in [1.29, 1.82) is 0 Å². The van der Waals surface area contributed by atoms with E-state index in [4.69, 9.17) is 0 Å². The van der Waals surface area contributed by atoms with Gasteiger partial charge in [-0.15, -0.1) is 0 Å². The van der Waals surface area contributed by atoms with Crippen LogP contribution in [0, 0.1) is 5.92 Å². The molecule has 4 rings (SSSR count). The first-order chi connectivity index (χ1) is 14.1. The smallest absolute Gasteiger partial charge is 0.303 e. The molecule has 2 aliphatic rings. The van der Waals surface area contributed by atoms with Gasteiger partial charge in [0.2, 0.25) is 0 Å². The van der Waals surface area contributed by atoms with Crippen LogP contribution in [0.25, 0.3) is 0 Å². The van der Waals surface area contributed by atoms with Crippen molar-refractivity contribution in [2.45, 2.75) is 50.6 Å². The molecule has 0 saturated heterocycles. The molecule has 1 aliphatic carbocycles. The molecule has 2 aromatic rings. The maximum atomic E-state index is 13.6. The van der Waals surface area contributed by atoms with Crippen molar-refractivity contribution >= 4 is 17.7 Å². The lowest BCUT2D eigenvalue weighted by Gasteiger charge is -2.31. The van der Waals surface area contributed by atoms with Gasteiger partial charge in [-0.05, 0) is 30.0 Å². The van der Waals surface area contributed by atoms with Gasteiger partial charge in [-0.2, -0.15) is 0 Å². The highest BCUT2D eigenvalue weighted by molar-refractivity contribution is 6.02. The second-order valence-electron chi connectivity index (χ2n) is 8.01. The highest BCUT2D eigenvalue weighted by atomic mass is 16.4. The fourth-order valence-electron chi connectivity index (χ4n) is 4.85. The van der Waals surface area contributed by atoms with Crippen LogP contribution >= 0.6 is 0 Å². The van der Waals surface area contributed by atoms with Crippen molar-refractivity contribution in [2.75, 3.05) is 0 Å². The first-order valence-electron chi connectivity index (χ1n) is 10.3. The molecule has 1 fully saturated rings. The summed E-state index contributed by atoms with van der Waals surface area (Å²) < 4.78 is 0. The third kappa shape index (κ3) is 3.82. The highest BCUT2D eigenvalue weighted by Crippen LogP contribution is 2.38. The number of benzene rings is 2.